The average molecular weight is 488 g/mol. The molecular formula is C19H26FIN4O2. The molecule has 0 aliphatic carbocycles. The van der Waals surface area contributed by atoms with Crippen molar-refractivity contribution < 1.29 is 13.9 Å². The van der Waals surface area contributed by atoms with E-state index in [2.05, 4.69) is 20.6 Å². The Morgan fingerprint density at radius 1 is 1.26 bits per heavy atom. The van der Waals surface area contributed by atoms with Crippen LogP contribution in [0.3, 0.4) is 0 Å². The van der Waals surface area contributed by atoms with Crippen LogP contribution in [0.5, 0.6) is 11.6 Å². The lowest BCUT2D eigenvalue weighted by Gasteiger charge is -2.17. The first-order valence-electron chi connectivity index (χ1n) is 8.54. The molecule has 0 bridgehead atoms. The molecule has 1 heterocycles. The first-order valence-corrected chi connectivity index (χ1v) is 8.54. The van der Waals surface area contributed by atoms with Crippen LogP contribution in [0.1, 0.15) is 19.4 Å². The Morgan fingerprint density at radius 2 is 2.07 bits per heavy atom. The summed E-state index contributed by atoms with van der Waals surface area (Å²) in [6.07, 6.45) is 1.54. The van der Waals surface area contributed by atoms with Gasteiger partial charge in [-0.3, -0.25) is 0 Å². The van der Waals surface area contributed by atoms with Gasteiger partial charge in [0.25, 0.3) is 0 Å². The predicted molar refractivity (Wildman–Crippen MR) is 116 cm³/mol. The van der Waals surface area contributed by atoms with Gasteiger partial charge in [0.15, 0.2) is 5.96 Å². The normalized spacial score (nSPS) is 11.9. The Morgan fingerprint density at radius 3 is 2.78 bits per heavy atom. The van der Waals surface area contributed by atoms with E-state index in [1.54, 1.807) is 25.4 Å². The average Bonchev–Trinajstić information content (AvgIpc) is 2.64. The quantitative estimate of drug-likeness (QED) is 0.339. The lowest BCUT2D eigenvalue weighted by Crippen LogP contribution is -2.41. The van der Waals surface area contributed by atoms with Crippen molar-refractivity contribution in [3.63, 3.8) is 0 Å². The Bertz CT molecular complexity index is 730. The monoisotopic (exact) mass is 488 g/mol. The standard InChI is InChI=1S/C19H25FN4O2.HI/c1-4-21-19(24-13-15-8-9-22-18(10-15)25-3)23-12-14(2)26-17-7-5-6-16(20)11-17;/h5-11,14H,4,12-13H2,1-3H3,(H2,21,23,24);1H. The zero-order chi connectivity index (χ0) is 18.8. The van der Waals surface area contributed by atoms with Gasteiger partial charge in [-0.2, -0.15) is 0 Å². The maximum atomic E-state index is 13.2. The molecule has 1 aromatic carbocycles. The molecule has 0 saturated carbocycles. The number of guanidine groups is 1. The van der Waals surface area contributed by atoms with Gasteiger partial charge in [0.05, 0.1) is 20.2 Å². The molecule has 0 radical (unpaired) electrons. The number of nitrogens with zero attached hydrogens (tertiary/aromatic N) is 2. The third-order valence-electron chi connectivity index (χ3n) is 3.46. The fraction of sp³-hybridized carbons (Fsp3) is 0.368. The Labute approximate surface area is 176 Å². The van der Waals surface area contributed by atoms with Gasteiger partial charge in [-0.1, -0.05) is 6.07 Å². The lowest BCUT2D eigenvalue weighted by molar-refractivity contribution is 0.223. The molecular weight excluding hydrogens is 462 g/mol. The van der Waals surface area contributed by atoms with E-state index in [-0.39, 0.29) is 35.9 Å². The van der Waals surface area contributed by atoms with Crippen LogP contribution in [-0.2, 0) is 6.54 Å². The molecule has 0 aliphatic heterocycles. The summed E-state index contributed by atoms with van der Waals surface area (Å²) in [4.78, 5) is 8.63. The molecule has 0 amide bonds. The number of rotatable bonds is 8. The molecule has 6 nitrogen and oxygen atoms in total. The minimum Gasteiger partial charge on any atom is -0.489 e. The van der Waals surface area contributed by atoms with E-state index >= 15 is 0 Å². The molecule has 2 rings (SSSR count). The minimum absolute atomic E-state index is 0. The van der Waals surface area contributed by atoms with Gasteiger partial charge in [-0.15, -0.1) is 24.0 Å². The van der Waals surface area contributed by atoms with Crippen molar-refractivity contribution >= 4 is 29.9 Å². The van der Waals surface area contributed by atoms with Gasteiger partial charge in [0.2, 0.25) is 5.88 Å². The van der Waals surface area contributed by atoms with Gasteiger partial charge in [0, 0.05) is 24.9 Å². The van der Waals surface area contributed by atoms with Gasteiger partial charge in [0.1, 0.15) is 17.7 Å². The second-order valence-corrected chi connectivity index (χ2v) is 5.67. The number of aromatic nitrogens is 1. The zero-order valence-corrected chi connectivity index (χ0v) is 18.1. The summed E-state index contributed by atoms with van der Waals surface area (Å²) in [7, 11) is 1.58. The molecule has 27 heavy (non-hydrogen) atoms. The van der Waals surface area contributed by atoms with E-state index in [0.717, 1.165) is 12.1 Å². The SMILES string of the molecule is CCNC(=NCc1ccnc(OC)c1)NCC(C)Oc1cccc(F)c1.I. The van der Waals surface area contributed by atoms with E-state index in [0.29, 0.717) is 30.7 Å². The smallest absolute Gasteiger partial charge is 0.213 e. The molecule has 148 valence electrons. The second kappa shape index (κ2) is 12.3. The summed E-state index contributed by atoms with van der Waals surface area (Å²) in [6.45, 7) is 5.68. The molecule has 0 aliphatic rings. The summed E-state index contributed by atoms with van der Waals surface area (Å²) in [5.74, 6) is 1.43. The van der Waals surface area contributed by atoms with Crippen LogP contribution < -0.4 is 20.1 Å². The molecule has 0 fully saturated rings. The van der Waals surface area contributed by atoms with Crippen LogP contribution in [-0.4, -0.2) is 37.2 Å². The van der Waals surface area contributed by atoms with E-state index in [9.17, 15) is 4.39 Å². The lowest BCUT2D eigenvalue weighted by atomic mass is 10.3. The molecule has 1 aromatic heterocycles. The van der Waals surface area contributed by atoms with Gasteiger partial charge < -0.3 is 20.1 Å². The van der Waals surface area contributed by atoms with Crippen LogP contribution in [0.4, 0.5) is 4.39 Å². The van der Waals surface area contributed by atoms with Gasteiger partial charge in [-0.05, 0) is 37.6 Å². The van der Waals surface area contributed by atoms with Crippen LogP contribution in [0.15, 0.2) is 47.6 Å². The number of methoxy groups -OCH3 is 1. The number of ether oxygens (including phenoxy) is 2. The summed E-state index contributed by atoms with van der Waals surface area (Å²) in [6, 6.07) is 9.86. The number of benzene rings is 1. The predicted octanol–water partition coefficient (Wildman–Crippen LogP) is 3.37. The first kappa shape index (κ1) is 22.9. The molecule has 1 unspecified atom stereocenters. The maximum absolute atomic E-state index is 13.2. The number of hydrogen-bond acceptors (Lipinski definition) is 4. The zero-order valence-electron chi connectivity index (χ0n) is 15.7. The summed E-state index contributed by atoms with van der Waals surface area (Å²) in [5, 5.41) is 6.41. The second-order valence-electron chi connectivity index (χ2n) is 5.67. The fourth-order valence-corrected chi connectivity index (χ4v) is 2.23. The summed E-state index contributed by atoms with van der Waals surface area (Å²) < 4.78 is 24.0. The number of hydrogen-bond donors (Lipinski definition) is 2. The first-order chi connectivity index (χ1) is 12.6. The van der Waals surface area contributed by atoms with Crippen molar-refractivity contribution in [2.75, 3.05) is 20.2 Å². The number of pyridine rings is 1. The van der Waals surface area contributed by atoms with E-state index in [4.69, 9.17) is 9.47 Å². The maximum Gasteiger partial charge on any atom is 0.213 e. The van der Waals surface area contributed by atoms with Gasteiger partial charge in [-0.25, -0.2) is 14.4 Å². The van der Waals surface area contributed by atoms with Crippen LogP contribution in [0.2, 0.25) is 0 Å². The molecule has 1 atom stereocenters. The Hall–Kier alpha value is -2.10. The van der Waals surface area contributed by atoms with Crippen LogP contribution >= 0.6 is 24.0 Å². The molecule has 0 spiro atoms. The topological polar surface area (TPSA) is 67.8 Å². The number of halogens is 2. The molecule has 2 N–H and O–H groups in total. The highest BCUT2D eigenvalue weighted by Gasteiger charge is 2.06. The van der Waals surface area contributed by atoms with Crippen molar-refractivity contribution in [1.82, 2.24) is 15.6 Å². The van der Waals surface area contributed by atoms with E-state index in [1.165, 1.54) is 12.1 Å². The number of nitrogens with one attached hydrogen (secondary N) is 2. The highest BCUT2D eigenvalue weighted by molar-refractivity contribution is 14.0. The van der Waals surface area contributed by atoms with Crippen molar-refractivity contribution in [1.29, 1.82) is 0 Å². The van der Waals surface area contributed by atoms with Crippen molar-refractivity contribution in [2.24, 2.45) is 4.99 Å². The van der Waals surface area contributed by atoms with E-state index < -0.39 is 0 Å². The molecule has 2 aromatic rings. The number of aliphatic imine (C=N–C) groups is 1. The highest BCUT2D eigenvalue weighted by atomic mass is 127. The minimum atomic E-state index is -0.315. The van der Waals surface area contributed by atoms with Crippen LogP contribution in [0.25, 0.3) is 0 Å². The van der Waals surface area contributed by atoms with Crippen molar-refractivity contribution in [3.05, 3.63) is 54.0 Å². The van der Waals surface area contributed by atoms with Crippen LogP contribution in [0, 0.1) is 5.82 Å². The highest BCUT2D eigenvalue weighted by Crippen LogP contribution is 2.13. The Balaban J connectivity index is 0.00000364. The van der Waals surface area contributed by atoms with Gasteiger partial charge >= 0.3 is 0 Å². The molecule has 8 heteroatoms. The fourth-order valence-electron chi connectivity index (χ4n) is 2.23. The van der Waals surface area contributed by atoms with Crippen molar-refractivity contribution in [3.8, 4) is 11.6 Å². The summed E-state index contributed by atoms with van der Waals surface area (Å²) >= 11 is 0. The summed E-state index contributed by atoms with van der Waals surface area (Å²) in [5.41, 5.74) is 0.998. The third kappa shape index (κ3) is 8.42. The van der Waals surface area contributed by atoms with E-state index in [1.807, 2.05) is 26.0 Å². The third-order valence-corrected chi connectivity index (χ3v) is 3.46. The Kier molecular flexibility index (Phi) is 10.5. The molecule has 0 saturated heterocycles. The van der Waals surface area contributed by atoms with Crippen molar-refractivity contribution in [2.45, 2.75) is 26.5 Å². The largest absolute Gasteiger partial charge is 0.489 e.